The zero-order valence-electron chi connectivity index (χ0n) is 7.57. The molecule has 1 rings (SSSR count). The van der Waals surface area contributed by atoms with Crippen molar-refractivity contribution in [1.82, 2.24) is 9.88 Å². The van der Waals surface area contributed by atoms with Gasteiger partial charge in [0.2, 0.25) is 0 Å². The number of rotatable bonds is 6. The Kier molecular flexibility index (Phi) is 4.92. The lowest BCUT2D eigenvalue weighted by molar-refractivity contribution is 0.0751. The minimum Gasteiger partial charge on any atom is -0.395 e. The molecule has 0 unspecified atom stereocenters. The molecule has 0 aliphatic rings. The van der Waals surface area contributed by atoms with Gasteiger partial charge in [0.25, 0.3) is 6.43 Å². The smallest absolute Gasteiger partial charge is 0.251 e. The monoisotopic (exact) mass is 222 g/mol. The number of nitrogens with zero attached hydrogens (tertiary/aromatic N) is 2. The van der Waals surface area contributed by atoms with E-state index in [2.05, 4.69) is 4.98 Å². The van der Waals surface area contributed by atoms with Crippen molar-refractivity contribution in [2.45, 2.75) is 13.0 Å². The Labute approximate surface area is 85.0 Å². The highest BCUT2D eigenvalue weighted by atomic mass is 32.1. The van der Waals surface area contributed by atoms with Crippen LogP contribution in [0.5, 0.6) is 0 Å². The number of aromatic nitrogens is 1. The molecule has 1 aromatic rings. The highest BCUT2D eigenvalue weighted by Gasteiger charge is 2.12. The van der Waals surface area contributed by atoms with Gasteiger partial charge in [0.15, 0.2) is 0 Å². The third-order valence-corrected chi connectivity index (χ3v) is 2.44. The highest BCUT2D eigenvalue weighted by Crippen LogP contribution is 2.10. The minimum atomic E-state index is -2.37. The molecular weight excluding hydrogens is 210 g/mol. The summed E-state index contributed by atoms with van der Waals surface area (Å²) in [5, 5.41) is 8.68. The van der Waals surface area contributed by atoms with Crippen molar-refractivity contribution in [3.8, 4) is 0 Å². The summed E-state index contributed by atoms with van der Waals surface area (Å²) in [6.07, 6.45) is -0.713. The first-order valence-electron chi connectivity index (χ1n) is 4.21. The second kappa shape index (κ2) is 6.00. The molecule has 6 heteroatoms. The second-order valence-electron chi connectivity index (χ2n) is 2.82. The number of alkyl halides is 2. The Morgan fingerprint density at radius 3 is 2.86 bits per heavy atom. The van der Waals surface area contributed by atoms with Crippen molar-refractivity contribution in [2.24, 2.45) is 0 Å². The zero-order chi connectivity index (χ0) is 10.4. The topological polar surface area (TPSA) is 36.4 Å². The molecule has 14 heavy (non-hydrogen) atoms. The fourth-order valence-corrected chi connectivity index (χ4v) is 1.75. The first kappa shape index (κ1) is 11.5. The molecule has 0 radical (unpaired) electrons. The normalized spacial score (nSPS) is 11.5. The van der Waals surface area contributed by atoms with Crippen LogP contribution in [0.3, 0.4) is 0 Å². The average molecular weight is 222 g/mol. The Balaban J connectivity index is 2.42. The van der Waals surface area contributed by atoms with Gasteiger partial charge in [-0.25, -0.2) is 8.78 Å². The van der Waals surface area contributed by atoms with Gasteiger partial charge in [-0.2, -0.15) is 0 Å². The van der Waals surface area contributed by atoms with E-state index in [1.807, 2.05) is 0 Å². The number of halogens is 2. The maximum Gasteiger partial charge on any atom is 0.251 e. The molecule has 1 heterocycles. The largest absolute Gasteiger partial charge is 0.395 e. The van der Waals surface area contributed by atoms with Crippen molar-refractivity contribution >= 4 is 11.3 Å². The molecule has 0 saturated carbocycles. The van der Waals surface area contributed by atoms with Gasteiger partial charge in [-0.3, -0.25) is 9.88 Å². The molecule has 0 aliphatic heterocycles. The summed E-state index contributed by atoms with van der Waals surface area (Å²) in [5.41, 5.74) is 1.66. The van der Waals surface area contributed by atoms with Crippen molar-refractivity contribution in [3.05, 3.63) is 16.6 Å². The summed E-state index contributed by atoms with van der Waals surface area (Å²) in [4.78, 5) is 6.30. The SMILES string of the molecule is OCCN(Cc1cncs1)CC(F)F. The van der Waals surface area contributed by atoms with Gasteiger partial charge < -0.3 is 5.11 Å². The van der Waals surface area contributed by atoms with Gasteiger partial charge in [0, 0.05) is 24.2 Å². The number of aliphatic hydroxyl groups excluding tert-OH is 1. The van der Waals surface area contributed by atoms with Crippen LogP contribution in [0.15, 0.2) is 11.7 Å². The zero-order valence-corrected chi connectivity index (χ0v) is 8.38. The van der Waals surface area contributed by atoms with Gasteiger partial charge in [-0.05, 0) is 0 Å². The number of hydrogen-bond acceptors (Lipinski definition) is 4. The van der Waals surface area contributed by atoms with E-state index in [4.69, 9.17) is 5.11 Å². The van der Waals surface area contributed by atoms with E-state index in [-0.39, 0.29) is 19.7 Å². The van der Waals surface area contributed by atoms with Crippen LogP contribution in [0.1, 0.15) is 4.88 Å². The molecule has 0 aromatic carbocycles. The molecule has 80 valence electrons. The number of hydrogen-bond donors (Lipinski definition) is 1. The lowest BCUT2D eigenvalue weighted by atomic mass is 10.4. The molecule has 0 amide bonds. The maximum atomic E-state index is 12.1. The lowest BCUT2D eigenvalue weighted by Crippen LogP contribution is -2.30. The van der Waals surface area contributed by atoms with Gasteiger partial charge in [-0.1, -0.05) is 0 Å². The summed E-state index contributed by atoms with van der Waals surface area (Å²) in [6, 6.07) is 0. The number of aliphatic hydroxyl groups is 1. The van der Waals surface area contributed by atoms with E-state index >= 15 is 0 Å². The second-order valence-corrected chi connectivity index (χ2v) is 3.79. The Hall–Kier alpha value is -0.590. The van der Waals surface area contributed by atoms with Crippen LogP contribution in [0, 0.1) is 0 Å². The predicted molar refractivity (Wildman–Crippen MR) is 50.5 cm³/mol. The first-order chi connectivity index (χ1) is 6.72. The van der Waals surface area contributed by atoms with Crippen LogP contribution in [0.4, 0.5) is 8.78 Å². The highest BCUT2D eigenvalue weighted by molar-refractivity contribution is 7.09. The molecule has 0 bridgehead atoms. The van der Waals surface area contributed by atoms with Crippen LogP contribution in [-0.2, 0) is 6.54 Å². The average Bonchev–Trinajstić information content (AvgIpc) is 2.56. The summed E-state index contributed by atoms with van der Waals surface area (Å²) in [7, 11) is 0. The fourth-order valence-electron chi connectivity index (χ4n) is 1.11. The van der Waals surface area contributed by atoms with Gasteiger partial charge >= 0.3 is 0 Å². The fraction of sp³-hybridized carbons (Fsp3) is 0.625. The Bertz CT molecular complexity index is 243. The van der Waals surface area contributed by atoms with E-state index < -0.39 is 6.43 Å². The van der Waals surface area contributed by atoms with Crippen molar-refractivity contribution < 1.29 is 13.9 Å². The lowest BCUT2D eigenvalue weighted by Gasteiger charge is -2.19. The summed E-state index contributed by atoms with van der Waals surface area (Å²) in [5.74, 6) is 0. The third kappa shape index (κ3) is 4.08. The molecule has 3 nitrogen and oxygen atoms in total. The first-order valence-corrected chi connectivity index (χ1v) is 5.09. The molecule has 0 spiro atoms. The predicted octanol–water partition coefficient (Wildman–Crippen LogP) is 1.20. The van der Waals surface area contributed by atoms with E-state index in [1.54, 1.807) is 11.7 Å². The van der Waals surface area contributed by atoms with Crippen LogP contribution >= 0.6 is 11.3 Å². The molecule has 1 N–H and O–H groups in total. The molecule has 0 atom stereocenters. The van der Waals surface area contributed by atoms with Crippen molar-refractivity contribution in [2.75, 3.05) is 19.7 Å². The van der Waals surface area contributed by atoms with Crippen LogP contribution in [-0.4, -0.2) is 41.1 Å². The van der Waals surface area contributed by atoms with Gasteiger partial charge in [0.1, 0.15) is 0 Å². The van der Waals surface area contributed by atoms with Gasteiger partial charge in [-0.15, -0.1) is 11.3 Å². The summed E-state index contributed by atoms with van der Waals surface area (Å²) >= 11 is 1.42. The Morgan fingerprint density at radius 1 is 1.57 bits per heavy atom. The van der Waals surface area contributed by atoms with Crippen LogP contribution < -0.4 is 0 Å². The molecule has 0 saturated heterocycles. The van der Waals surface area contributed by atoms with E-state index in [9.17, 15) is 8.78 Å². The van der Waals surface area contributed by atoms with Crippen LogP contribution in [0.25, 0.3) is 0 Å². The summed E-state index contributed by atoms with van der Waals surface area (Å²) in [6.45, 7) is 0.280. The van der Waals surface area contributed by atoms with Crippen molar-refractivity contribution in [1.29, 1.82) is 0 Å². The Morgan fingerprint density at radius 2 is 2.36 bits per heavy atom. The van der Waals surface area contributed by atoms with E-state index in [0.29, 0.717) is 6.54 Å². The number of thiazole rings is 1. The van der Waals surface area contributed by atoms with E-state index in [0.717, 1.165) is 4.88 Å². The molecule has 0 aliphatic carbocycles. The van der Waals surface area contributed by atoms with E-state index in [1.165, 1.54) is 16.2 Å². The maximum absolute atomic E-state index is 12.1. The summed E-state index contributed by atoms with van der Waals surface area (Å²) < 4.78 is 24.2. The third-order valence-electron chi connectivity index (χ3n) is 1.68. The molecular formula is C8H12F2N2OS. The molecule has 0 fully saturated rings. The molecule has 1 aromatic heterocycles. The minimum absolute atomic E-state index is 0.106. The quantitative estimate of drug-likeness (QED) is 0.785. The standard InChI is InChI=1S/C8H12F2N2OS/c9-8(10)5-12(1-2-13)4-7-3-11-6-14-7/h3,6,8,13H,1-2,4-5H2. The van der Waals surface area contributed by atoms with Crippen LogP contribution in [0.2, 0.25) is 0 Å². The van der Waals surface area contributed by atoms with Gasteiger partial charge in [0.05, 0.1) is 18.7 Å². The van der Waals surface area contributed by atoms with Crippen molar-refractivity contribution in [3.63, 3.8) is 0 Å².